The number of hydrogen-bond acceptors (Lipinski definition) is 5. The molecule has 1 heterocycles. The number of piperazine rings is 1. The van der Waals surface area contributed by atoms with Gasteiger partial charge >= 0.3 is 0 Å². The predicted molar refractivity (Wildman–Crippen MR) is 159 cm³/mol. The molecule has 1 unspecified atom stereocenters. The molecule has 1 saturated heterocycles. The Morgan fingerprint density at radius 3 is 2.38 bits per heavy atom. The third-order valence-corrected chi connectivity index (χ3v) is 8.29. The Labute approximate surface area is 233 Å². The van der Waals surface area contributed by atoms with E-state index in [1.54, 1.807) is 6.07 Å². The maximum atomic E-state index is 12.6. The van der Waals surface area contributed by atoms with Crippen LogP contribution < -0.4 is 10.2 Å². The molecule has 2 aliphatic rings. The molecule has 1 aliphatic heterocycles. The molecule has 0 bridgehead atoms. The van der Waals surface area contributed by atoms with Crippen molar-refractivity contribution in [3.05, 3.63) is 95.6 Å². The molecule has 1 amide bonds. The molecule has 3 aromatic carbocycles. The molecular formula is C33H42N4O2. The number of para-hydroxylation sites is 1. The van der Waals surface area contributed by atoms with Crippen molar-refractivity contribution in [2.45, 2.75) is 38.1 Å². The van der Waals surface area contributed by atoms with Gasteiger partial charge in [0.2, 0.25) is 0 Å². The van der Waals surface area contributed by atoms with Gasteiger partial charge in [0, 0.05) is 56.6 Å². The van der Waals surface area contributed by atoms with Crippen molar-refractivity contribution in [2.24, 2.45) is 0 Å². The summed E-state index contributed by atoms with van der Waals surface area (Å²) in [4.78, 5) is 20.2. The summed E-state index contributed by atoms with van der Waals surface area (Å²) in [5, 5.41) is 13.2. The van der Waals surface area contributed by atoms with Crippen LogP contribution in [0.25, 0.3) is 0 Å². The van der Waals surface area contributed by atoms with Crippen molar-refractivity contribution < 1.29 is 9.90 Å². The highest BCUT2D eigenvalue weighted by atomic mass is 16.3. The highest BCUT2D eigenvalue weighted by Gasteiger charge is 2.25. The zero-order valence-corrected chi connectivity index (χ0v) is 23.0. The van der Waals surface area contributed by atoms with Crippen LogP contribution in [0.1, 0.15) is 40.7 Å². The van der Waals surface area contributed by atoms with Crippen LogP contribution in [0.2, 0.25) is 0 Å². The first-order chi connectivity index (χ1) is 19.2. The Kier molecular flexibility index (Phi) is 9.52. The molecule has 6 nitrogen and oxygen atoms in total. The van der Waals surface area contributed by atoms with E-state index in [2.05, 4.69) is 56.4 Å². The summed E-state index contributed by atoms with van der Waals surface area (Å²) in [7, 11) is 0. The van der Waals surface area contributed by atoms with Gasteiger partial charge in [0.1, 0.15) is 5.75 Å². The van der Waals surface area contributed by atoms with Crippen LogP contribution >= 0.6 is 0 Å². The quantitative estimate of drug-likeness (QED) is 0.358. The number of fused-ring (bicyclic) bond motifs is 1. The third kappa shape index (κ3) is 7.61. The van der Waals surface area contributed by atoms with Crippen LogP contribution in [0.5, 0.6) is 5.75 Å². The van der Waals surface area contributed by atoms with Gasteiger partial charge in [0.15, 0.2) is 0 Å². The largest absolute Gasteiger partial charge is 0.508 e. The first-order valence-corrected chi connectivity index (χ1v) is 14.6. The highest BCUT2D eigenvalue weighted by Crippen LogP contribution is 2.27. The predicted octanol–water partition coefficient (Wildman–Crippen LogP) is 4.58. The van der Waals surface area contributed by atoms with E-state index in [-0.39, 0.29) is 5.91 Å². The van der Waals surface area contributed by atoms with E-state index in [9.17, 15) is 9.90 Å². The number of rotatable bonds is 11. The number of anilines is 1. The molecule has 1 aliphatic carbocycles. The van der Waals surface area contributed by atoms with Gasteiger partial charge in [-0.2, -0.15) is 0 Å². The Hall–Kier alpha value is -3.35. The lowest BCUT2D eigenvalue weighted by Gasteiger charge is -2.37. The van der Waals surface area contributed by atoms with Gasteiger partial charge in [-0.25, -0.2) is 0 Å². The Balaban J connectivity index is 1.11. The van der Waals surface area contributed by atoms with Crippen LogP contribution in [0.4, 0.5) is 5.69 Å². The Bertz CT molecular complexity index is 1180. The zero-order valence-electron chi connectivity index (χ0n) is 23.0. The normalized spacial score (nSPS) is 17.7. The number of carbonyl (C=O) groups excluding carboxylic acids is 1. The number of carbonyl (C=O) groups is 1. The fourth-order valence-electron chi connectivity index (χ4n) is 6.04. The van der Waals surface area contributed by atoms with Crippen LogP contribution in [0, 0.1) is 0 Å². The van der Waals surface area contributed by atoms with Crippen molar-refractivity contribution in [1.29, 1.82) is 0 Å². The minimum Gasteiger partial charge on any atom is -0.508 e. The van der Waals surface area contributed by atoms with Crippen molar-refractivity contribution in [1.82, 2.24) is 15.1 Å². The second-order valence-corrected chi connectivity index (χ2v) is 10.9. The molecule has 39 heavy (non-hydrogen) atoms. The Morgan fingerprint density at radius 1 is 0.872 bits per heavy atom. The van der Waals surface area contributed by atoms with Gasteiger partial charge in [-0.1, -0.05) is 42.5 Å². The summed E-state index contributed by atoms with van der Waals surface area (Å²) < 4.78 is 0. The number of nitrogens with one attached hydrogen (secondary N) is 1. The molecule has 0 saturated carbocycles. The SMILES string of the molecule is O=C(NCCN(CCCCN1CCN(c2ccccc2)CC1)C1CCc2ccc(O)cc2C1)c1ccccc1. The number of aromatic hydroxyl groups is 1. The van der Waals surface area contributed by atoms with E-state index in [0.29, 0.717) is 23.9 Å². The standard InChI is InChI=1S/C33H42N4O2/c38-32-16-14-27-13-15-31(25-29(27)26-32)36(20-17-34-33(39)28-9-3-1-4-10-28)19-8-7-18-35-21-23-37(24-22-35)30-11-5-2-6-12-30/h1-6,9-12,14,16,26,31,38H,7-8,13,15,17-25H2,(H,34,39). The fraction of sp³-hybridized carbons (Fsp3) is 0.424. The maximum absolute atomic E-state index is 12.6. The molecule has 1 atom stereocenters. The van der Waals surface area contributed by atoms with E-state index in [4.69, 9.17) is 0 Å². The van der Waals surface area contributed by atoms with Crippen molar-refractivity contribution >= 4 is 11.6 Å². The average Bonchev–Trinajstić information content (AvgIpc) is 2.99. The fourth-order valence-corrected chi connectivity index (χ4v) is 6.04. The van der Waals surface area contributed by atoms with Crippen molar-refractivity contribution in [2.75, 3.05) is 57.3 Å². The second-order valence-electron chi connectivity index (χ2n) is 10.9. The second kappa shape index (κ2) is 13.6. The number of nitrogens with zero attached hydrogens (tertiary/aromatic N) is 3. The van der Waals surface area contributed by atoms with Crippen LogP contribution in [-0.4, -0.2) is 79.2 Å². The number of benzene rings is 3. The van der Waals surface area contributed by atoms with Gasteiger partial charge in [0.25, 0.3) is 5.91 Å². The molecule has 0 spiro atoms. The molecule has 6 heteroatoms. The van der Waals surface area contributed by atoms with E-state index in [0.717, 1.165) is 71.5 Å². The van der Waals surface area contributed by atoms with Gasteiger partial charge in [-0.05, 0) is 92.7 Å². The highest BCUT2D eigenvalue weighted by molar-refractivity contribution is 5.94. The third-order valence-electron chi connectivity index (χ3n) is 8.29. The Morgan fingerprint density at radius 2 is 1.62 bits per heavy atom. The molecule has 1 fully saturated rings. The summed E-state index contributed by atoms with van der Waals surface area (Å²) in [5.41, 5.74) is 4.66. The van der Waals surface area contributed by atoms with E-state index < -0.39 is 0 Å². The van der Waals surface area contributed by atoms with Crippen molar-refractivity contribution in [3.8, 4) is 5.75 Å². The minimum absolute atomic E-state index is 0.0101. The van der Waals surface area contributed by atoms with Crippen LogP contribution in [0.15, 0.2) is 78.9 Å². The number of hydrogen-bond donors (Lipinski definition) is 2. The summed E-state index contributed by atoms with van der Waals surface area (Å²) in [6.07, 6.45) is 5.44. The molecule has 3 aromatic rings. The minimum atomic E-state index is -0.0101. The van der Waals surface area contributed by atoms with Gasteiger partial charge < -0.3 is 15.3 Å². The monoisotopic (exact) mass is 526 g/mol. The van der Waals surface area contributed by atoms with Crippen molar-refractivity contribution in [3.63, 3.8) is 0 Å². The first kappa shape index (κ1) is 27.2. The number of phenols is 1. The molecule has 0 aromatic heterocycles. The topological polar surface area (TPSA) is 59.1 Å². The lowest BCUT2D eigenvalue weighted by atomic mass is 9.87. The average molecular weight is 527 g/mol. The molecule has 0 radical (unpaired) electrons. The summed E-state index contributed by atoms with van der Waals surface area (Å²) in [6.45, 7) is 8.06. The summed E-state index contributed by atoms with van der Waals surface area (Å²) in [5.74, 6) is 0.340. The van der Waals surface area contributed by atoms with Crippen LogP contribution in [0.3, 0.4) is 0 Å². The number of unbranched alkanes of at least 4 members (excludes halogenated alkanes) is 1. The lowest BCUT2D eigenvalue weighted by molar-refractivity contribution is 0.0941. The van der Waals surface area contributed by atoms with E-state index >= 15 is 0 Å². The molecular weight excluding hydrogens is 484 g/mol. The van der Waals surface area contributed by atoms with Gasteiger partial charge in [0.05, 0.1) is 0 Å². The van der Waals surface area contributed by atoms with Crippen LogP contribution in [-0.2, 0) is 12.8 Å². The zero-order chi connectivity index (χ0) is 26.9. The number of amides is 1. The molecule has 2 N–H and O–H groups in total. The molecule has 206 valence electrons. The molecule has 5 rings (SSSR count). The maximum Gasteiger partial charge on any atom is 0.251 e. The lowest BCUT2D eigenvalue weighted by Crippen LogP contribution is -2.47. The number of phenolic OH excluding ortho intramolecular Hbond substituents is 1. The van der Waals surface area contributed by atoms with Gasteiger partial charge in [-0.15, -0.1) is 0 Å². The van der Waals surface area contributed by atoms with E-state index in [1.165, 1.54) is 23.2 Å². The number of aryl methyl sites for hydroxylation is 1. The van der Waals surface area contributed by atoms with E-state index in [1.807, 2.05) is 36.4 Å². The smallest absolute Gasteiger partial charge is 0.251 e. The van der Waals surface area contributed by atoms with Gasteiger partial charge in [-0.3, -0.25) is 14.6 Å². The summed E-state index contributed by atoms with van der Waals surface area (Å²) >= 11 is 0. The summed E-state index contributed by atoms with van der Waals surface area (Å²) in [6, 6.07) is 26.4. The first-order valence-electron chi connectivity index (χ1n) is 14.6.